The number of anilines is 1. The number of rotatable bonds is 0. The zero-order chi connectivity index (χ0) is 7.84. The number of pyridine rings is 1. The lowest BCUT2D eigenvalue weighted by molar-refractivity contribution is 0.920. The van der Waals surface area contributed by atoms with E-state index in [1.165, 1.54) is 0 Å². The summed E-state index contributed by atoms with van der Waals surface area (Å²) in [7, 11) is 1.85. The van der Waals surface area contributed by atoms with Crippen LogP contribution in [0.1, 0.15) is 0 Å². The maximum Gasteiger partial charge on any atom is 0.178 e. The van der Waals surface area contributed by atoms with E-state index in [2.05, 4.69) is 16.3 Å². The van der Waals surface area contributed by atoms with Crippen molar-refractivity contribution in [1.29, 1.82) is 0 Å². The second-order valence-electron chi connectivity index (χ2n) is 2.38. The minimum absolute atomic E-state index is 0.629. The van der Waals surface area contributed by atoms with Gasteiger partial charge in [-0.25, -0.2) is 9.97 Å². The fourth-order valence-electron chi connectivity index (χ4n) is 0.978. The van der Waals surface area contributed by atoms with Crippen LogP contribution in [-0.4, -0.2) is 14.5 Å². The first-order valence-electron chi connectivity index (χ1n) is 3.23. The standard InChI is InChI=1S/C7H7N4/c1-11-4-10-6-2-5(8)3-9-7(6)11/h2-3H,8H2,1H3. The number of nitrogens with two attached hydrogens (primary N) is 1. The molecule has 0 saturated heterocycles. The number of hydrogen-bond acceptors (Lipinski definition) is 3. The van der Waals surface area contributed by atoms with Gasteiger partial charge < -0.3 is 10.3 Å². The molecule has 2 N–H and O–H groups in total. The average Bonchev–Trinajstić information content (AvgIpc) is 2.32. The van der Waals surface area contributed by atoms with Gasteiger partial charge in [-0.1, -0.05) is 0 Å². The van der Waals surface area contributed by atoms with E-state index in [1.54, 1.807) is 16.8 Å². The SMILES string of the molecule is Cn1[c]nc2cc(N)cnc21. The number of aryl methyl sites for hydroxylation is 1. The zero-order valence-electron chi connectivity index (χ0n) is 6.07. The topological polar surface area (TPSA) is 56.7 Å². The lowest BCUT2D eigenvalue weighted by Gasteiger charge is -1.92. The average molecular weight is 147 g/mol. The van der Waals surface area contributed by atoms with Crippen LogP contribution in [0, 0.1) is 6.33 Å². The zero-order valence-corrected chi connectivity index (χ0v) is 6.07. The van der Waals surface area contributed by atoms with E-state index in [4.69, 9.17) is 5.73 Å². The molecule has 0 amide bonds. The number of imidazole rings is 1. The predicted octanol–water partition coefficient (Wildman–Crippen LogP) is 0.351. The van der Waals surface area contributed by atoms with Crippen molar-refractivity contribution in [3.8, 4) is 0 Å². The predicted molar refractivity (Wildman–Crippen MR) is 41.8 cm³/mol. The van der Waals surface area contributed by atoms with Gasteiger partial charge >= 0.3 is 0 Å². The second-order valence-corrected chi connectivity index (χ2v) is 2.38. The van der Waals surface area contributed by atoms with Gasteiger partial charge in [-0.3, -0.25) is 0 Å². The van der Waals surface area contributed by atoms with E-state index < -0.39 is 0 Å². The summed E-state index contributed by atoms with van der Waals surface area (Å²) in [6.45, 7) is 0. The molecule has 0 spiro atoms. The van der Waals surface area contributed by atoms with Gasteiger partial charge in [-0.2, -0.15) is 0 Å². The summed E-state index contributed by atoms with van der Waals surface area (Å²) in [5.74, 6) is 0. The number of hydrogen-bond donors (Lipinski definition) is 1. The van der Waals surface area contributed by atoms with Crippen molar-refractivity contribution >= 4 is 16.9 Å². The Morgan fingerprint density at radius 2 is 2.45 bits per heavy atom. The molecule has 4 heteroatoms. The Morgan fingerprint density at radius 1 is 1.64 bits per heavy atom. The van der Waals surface area contributed by atoms with Gasteiger partial charge in [0.1, 0.15) is 5.52 Å². The molecule has 2 rings (SSSR count). The van der Waals surface area contributed by atoms with Crippen LogP contribution < -0.4 is 5.73 Å². The minimum Gasteiger partial charge on any atom is -0.397 e. The third kappa shape index (κ3) is 0.832. The molecule has 55 valence electrons. The van der Waals surface area contributed by atoms with Gasteiger partial charge in [0, 0.05) is 7.05 Å². The number of nitrogen functional groups attached to an aromatic ring is 1. The first kappa shape index (κ1) is 6.15. The Kier molecular flexibility index (Phi) is 1.09. The van der Waals surface area contributed by atoms with Crippen LogP contribution in [-0.2, 0) is 7.05 Å². The molecule has 2 heterocycles. The number of aromatic nitrogens is 3. The molecule has 2 aromatic rings. The third-order valence-corrected chi connectivity index (χ3v) is 1.51. The number of nitrogens with zero attached hydrogens (tertiary/aromatic N) is 3. The quantitative estimate of drug-likeness (QED) is 0.585. The van der Waals surface area contributed by atoms with E-state index in [1.807, 2.05) is 7.05 Å². The summed E-state index contributed by atoms with van der Waals surface area (Å²) in [5, 5.41) is 0. The van der Waals surface area contributed by atoms with Gasteiger partial charge in [-0.15, -0.1) is 0 Å². The Labute approximate surface area is 63.7 Å². The van der Waals surface area contributed by atoms with Crippen LogP contribution in [0.3, 0.4) is 0 Å². The normalized spacial score (nSPS) is 10.6. The Balaban J connectivity index is 2.86. The molecule has 0 aliphatic heterocycles. The minimum atomic E-state index is 0.629. The molecule has 0 saturated carbocycles. The molecule has 4 nitrogen and oxygen atoms in total. The molecule has 0 fully saturated rings. The molecular weight excluding hydrogens is 140 g/mol. The summed E-state index contributed by atoms with van der Waals surface area (Å²) in [6.07, 6.45) is 4.36. The summed E-state index contributed by atoms with van der Waals surface area (Å²) in [6, 6.07) is 1.78. The van der Waals surface area contributed by atoms with Gasteiger partial charge in [-0.05, 0) is 6.07 Å². The summed E-state index contributed by atoms with van der Waals surface area (Å²) in [5.41, 5.74) is 7.73. The Bertz CT molecular complexity index is 390. The van der Waals surface area contributed by atoms with Crippen LogP contribution in [0.15, 0.2) is 12.3 Å². The highest BCUT2D eigenvalue weighted by Crippen LogP contribution is 2.10. The maximum atomic E-state index is 5.51. The van der Waals surface area contributed by atoms with E-state index >= 15 is 0 Å². The Hall–Kier alpha value is -1.58. The van der Waals surface area contributed by atoms with Crippen molar-refractivity contribution in [2.45, 2.75) is 0 Å². The smallest absolute Gasteiger partial charge is 0.178 e. The third-order valence-electron chi connectivity index (χ3n) is 1.51. The molecule has 0 bridgehead atoms. The maximum absolute atomic E-state index is 5.51. The first-order chi connectivity index (χ1) is 5.27. The van der Waals surface area contributed by atoms with E-state index in [-0.39, 0.29) is 0 Å². The fraction of sp³-hybridized carbons (Fsp3) is 0.143. The van der Waals surface area contributed by atoms with Gasteiger partial charge in [0.2, 0.25) is 0 Å². The highest BCUT2D eigenvalue weighted by atomic mass is 15.1. The van der Waals surface area contributed by atoms with Crippen molar-refractivity contribution in [3.05, 3.63) is 18.6 Å². The van der Waals surface area contributed by atoms with Crippen LogP contribution in [0.25, 0.3) is 11.2 Å². The van der Waals surface area contributed by atoms with E-state index in [0.717, 1.165) is 11.2 Å². The van der Waals surface area contributed by atoms with Gasteiger partial charge in [0.05, 0.1) is 11.9 Å². The monoisotopic (exact) mass is 147 g/mol. The van der Waals surface area contributed by atoms with Gasteiger partial charge in [0.25, 0.3) is 0 Å². The molecule has 1 radical (unpaired) electrons. The highest BCUT2D eigenvalue weighted by Gasteiger charge is 1.99. The largest absolute Gasteiger partial charge is 0.397 e. The van der Waals surface area contributed by atoms with Crippen molar-refractivity contribution in [2.24, 2.45) is 7.05 Å². The number of fused-ring (bicyclic) bond motifs is 1. The van der Waals surface area contributed by atoms with Crippen LogP contribution in [0.4, 0.5) is 5.69 Å². The highest BCUT2D eigenvalue weighted by molar-refractivity contribution is 5.73. The van der Waals surface area contributed by atoms with Crippen molar-refractivity contribution in [3.63, 3.8) is 0 Å². The molecule has 11 heavy (non-hydrogen) atoms. The summed E-state index contributed by atoms with van der Waals surface area (Å²) < 4.78 is 1.73. The molecule has 0 unspecified atom stereocenters. The summed E-state index contributed by atoms with van der Waals surface area (Å²) >= 11 is 0. The van der Waals surface area contributed by atoms with Crippen LogP contribution in [0.5, 0.6) is 0 Å². The van der Waals surface area contributed by atoms with E-state index in [0.29, 0.717) is 5.69 Å². The van der Waals surface area contributed by atoms with Crippen molar-refractivity contribution in [2.75, 3.05) is 5.73 Å². The van der Waals surface area contributed by atoms with Crippen molar-refractivity contribution in [1.82, 2.24) is 14.5 Å². The first-order valence-corrected chi connectivity index (χ1v) is 3.23. The summed E-state index contributed by atoms with van der Waals surface area (Å²) in [4.78, 5) is 8.06. The van der Waals surface area contributed by atoms with Gasteiger partial charge in [0.15, 0.2) is 12.0 Å². The Morgan fingerprint density at radius 3 is 3.27 bits per heavy atom. The van der Waals surface area contributed by atoms with E-state index in [9.17, 15) is 0 Å². The molecule has 0 atom stereocenters. The molecule has 0 aliphatic rings. The molecule has 0 aliphatic carbocycles. The van der Waals surface area contributed by atoms with Crippen molar-refractivity contribution < 1.29 is 0 Å². The molecular formula is C7H7N4. The molecule has 0 aromatic carbocycles. The van der Waals surface area contributed by atoms with Crippen LogP contribution >= 0.6 is 0 Å². The molecule has 2 aromatic heterocycles. The second kappa shape index (κ2) is 1.95. The fourth-order valence-corrected chi connectivity index (χ4v) is 0.978. The lowest BCUT2D eigenvalue weighted by atomic mass is 10.4. The van der Waals surface area contributed by atoms with Crippen LogP contribution in [0.2, 0.25) is 0 Å². The lowest BCUT2D eigenvalue weighted by Crippen LogP contribution is -1.90.